The number of ether oxygens (including phenoxy) is 2. The second-order valence-electron chi connectivity index (χ2n) is 6.02. The maximum Gasteiger partial charge on any atom is 0.348 e. The first-order valence-corrected chi connectivity index (χ1v) is 9.41. The predicted octanol–water partition coefficient (Wildman–Crippen LogP) is 4.07. The number of carbonyl (C=O) groups is 2. The zero-order valence-electron chi connectivity index (χ0n) is 14.4. The zero-order chi connectivity index (χ0) is 18.6. The summed E-state index contributed by atoms with van der Waals surface area (Å²) in [6.45, 7) is 0.0139. The molecule has 136 valence electrons. The number of rotatable bonds is 4. The molecule has 0 bridgehead atoms. The number of nitrogens with zero attached hydrogens (tertiary/aromatic N) is 1. The number of para-hydroxylation sites is 2. The van der Waals surface area contributed by atoms with Crippen molar-refractivity contribution >= 4 is 28.9 Å². The highest BCUT2D eigenvalue weighted by molar-refractivity contribution is 7.11. The third-order valence-electron chi connectivity index (χ3n) is 4.34. The molecule has 0 N–H and O–H groups in total. The average molecular weight is 379 g/mol. The average Bonchev–Trinajstić information content (AvgIpc) is 3.26. The SMILES string of the molecule is O=C(OCC(=O)N1c2ccccc2OC[C@@H]1c1ccccc1)c1cccs1. The summed E-state index contributed by atoms with van der Waals surface area (Å²) in [6.07, 6.45) is 0. The van der Waals surface area contributed by atoms with Gasteiger partial charge in [-0.25, -0.2) is 4.79 Å². The van der Waals surface area contributed by atoms with E-state index in [1.54, 1.807) is 22.4 Å². The minimum absolute atomic E-state index is 0.283. The maximum atomic E-state index is 13.0. The number of carbonyl (C=O) groups excluding carboxylic acids is 2. The van der Waals surface area contributed by atoms with Crippen LogP contribution in [0.2, 0.25) is 0 Å². The second kappa shape index (κ2) is 7.63. The van der Waals surface area contributed by atoms with E-state index in [0.717, 1.165) is 5.56 Å². The van der Waals surface area contributed by atoms with Crippen molar-refractivity contribution in [3.05, 3.63) is 82.6 Å². The Balaban J connectivity index is 1.59. The number of hydrogen-bond acceptors (Lipinski definition) is 5. The second-order valence-corrected chi connectivity index (χ2v) is 6.97. The van der Waals surface area contributed by atoms with Crippen LogP contribution in [0.3, 0.4) is 0 Å². The van der Waals surface area contributed by atoms with E-state index in [9.17, 15) is 9.59 Å². The van der Waals surface area contributed by atoms with E-state index in [1.807, 2.05) is 54.6 Å². The largest absolute Gasteiger partial charge is 0.489 e. The number of esters is 1. The molecule has 0 saturated carbocycles. The number of anilines is 1. The molecule has 5 nitrogen and oxygen atoms in total. The van der Waals surface area contributed by atoms with Gasteiger partial charge >= 0.3 is 5.97 Å². The molecule has 1 aliphatic rings. The Kier molecular flexibility index (Phi) is 4.89. The Morgan fingerprint density at radius 1 is 1.04 bits per heavy atom. The van der Waals surface area contributed by atoms with Gasteiger partial charge < -0.3 is 9.47 Å². The number of benzene rings is 2. The van der Waals surface area contributed by atoms with Gasteiger partial charge in [0.05, 0.1) is 11.7 Å². The summed E-state index contributed by atoms with van der Waals surface area (Å²) in [5, 5.41) is 1.79. The molecule has 1 aromatic heterocycles. The maximum absolute atomic E-state index is 13.0. The van der Waals surface area contributed by atoms with Crippen LogP contribution >= 0.6 is 11.3 Å². The molecule has 0 unspecified atom stereocenters. The van der Waals surface area contributed by atoms with Crippen LogP contribution < -0.4 is 9.64 Å². The number of fused-ring (bicyclic) bond motifs is 1. The molecule has 0 saturated heterocycles. The normalized spacial score (nSPS) is 15.6. The highest BCUT2D eigenvalue weighted by Crippen LogP contribution is 2.39. The van der Waals surface area contributed by atoms with Crippen LogP contribution in [0.4, 0.5) is 5.69 Å². The molecular weight excluding hydrogens is 362 g/mol. The number of thiophene rings is 1. The Labute approximate surface area is 160 Å². The summed E-state index contributed by atoms with van der Waals surface area (Å²) in [6, 6.07) is 20.2. The Hall–Kier alpha value is -3.12. The van der Waals surface area contributed by atoms with E-state index < -0.39 is 5.97 Å². The molecule has 0 spiro atoms. The van der Waals surface area contributed by atoms with Gasteiger partial charge in [0, 0.05) is 0 Å². The smallest absolute Gasteiger partial charge is 0.348 e. The lowest BCUT2D eigenvalue weighted by Gasteiger charge is -2.37. The first-order valence-electron chi connectivity index (χ1n) is 8.53. The van der Waals surface area contributed by atoms with Gasteiger partial charge in [-0.3, -0.25) is 9.69 Å². The van der Waals surface area contributed by atoms with Gasteiger partial charge in [-0.1, -0.05) is 48.5 Å². The summed E-state index contributed by atoms with van der Waals surface area (Å²) in [4.78, 5) is 27.2. The fourth-order valence-corrected chi connectivity index (χ4v) is 3.70. The van der Waals surface area contributed by atoms with Gasteiger partial charge in [-0.2, -0.15) is 0 Å². The van der Waals surface area contributed by atoms with Crippen LogP contribution in [0.25, 0.3) is 0 Å². The summed E-state index contributed by atoms with van der Waals surface area (Å²) >= 11 is 1.28. The molecule has 4 rings (SSSR count). The molecule has 1 aliphatic heterocycles. The van der Waals surface area contributed by atoms with Crippen molar-refractivity contribution in [2.45, 2.75) is 6.04 Å². The highest BCUT2D eigenvalue weighted by Gasteiger charge is 2.33. The predicted molar refractivity (Wildman–Crippen MR) is 103 cm³/mol. The summed E-state index contributed by atoms with van der Waals surface area (Å²) in [5.41, 5.74) is 1.64. The molecule has 0 radical (unpaired) electrons. The van der Waals surface area contributed by atoms with E-state index in [1.165, 1.54) is 11.3 Å². The lowest BCUT2D eigenvalue weighted by Crippen LogP contribution is -2.43. The molecule has 6 heteroatoms. The molecule has 0 fully saturated rings. The van der Waals surface area contributed by atoms with E-state index in [2.05, 4.69) is 0 Å². The summed E-state index contributed by atoms with van der Waals surface area (Å²) in [5.74, 6) is -0.136. The van der Waals surface area contributed by atoms with Crippen LogP contribution in [-0.4, -0.2) is 25.1 Å². The van der Waals surface area contributed by atoms with E-state index in [-0.39, 0.29) is 18.6 Å². The third kappa shape index (κ3) is 3.57. The summed E-state index contributed by atoms with van der Waals surface area (Å²) in [7, 11) is 0. The van der Waals surface area contributed by atoms with Crippen molar-refractivity contribution in [1.29, 1.82) is 0 Å². The molecule has 2 aromatic carbocycles. The van der Waals surface area contributed by atoms with Gasteiger partial charge in [0.25, 0.3) is 5.91 Å². The Morgan fingerprint density at radius 3 is 2.59 bits per heavy atom. The van der Waals surface area contributed by atoms with Crippen molar-refractivity contribution < 1.29 is 19.1 Å². The summed E-state index contributed by atoms with van der Waals surface area (Å²) < 4.78 is 11.1. The number of amides is 1. The van der Waals surface area contributed by atoms with Crippen LogP contribution in [-0.2, 0) is 9.53 Å². The third-order valence-corrected chi connectivity index (χ3v) is 5.19. The van der Waals surface area contributed by atoms with Crippen LogP contribution in [0.1, 0.15) is 21.3 Å². The first-order chi connectivity index (χ1) is 13.2. The van der Waals surface area contributed by atoms with Crippen LogP contribution in [0.15, 0.2) is 72.1 Å². The standard InChI is InChI=1S/C21H17NO4S/c23-20(14-26-21(24)19-11-6-12-27-19)22-16-9-4-5-10-18(16)25-13-17(22)15-7-2-1-3-8-15/h1-12,17H,13-14H2/t17-/m1/s1. The first kappa shape index (κ1) is 17.3. The van der Waals surface area contributed by atoms with E-state index in [4.69, 9.17) is 9.47 Å². The fraction of sp³-hybridized carbons (Fsp3) is 0.143. The minimum atomic E-state index is -0.490. The molecule has 1 amide bonds. The molecule has 3 aromatic rings. The molecular formula is C21H17NO4S. The van der Waals surface area contributed by atoms with Gasteiger partial charge in [0.15, 0.2) is 6.61 Å². The van der Waals surface area contributed by atoms with Crippen molar-refractivity contribution in [2.24, 2.45) is 0 Å². The van der Waals surface area contributed by atoms with E-state index in [0.29, 0.717) is 22.9 Å². The van der Waals surface area contributed by atoms with E-state index >= 15 is 0 Å². The molecule has 27 heavy (non-hydrogen) atoms. The minimum Gasteiger partial charge on any atom is -0.489 e. The molecule has 2 heterocycles. The van der Waals surface area contributed by atoms with Crippen molar-refractivity contribution in [2.75, 3.05) is 18.1 Å². The number of hydrogen-bond donors (Lipinski definition) is 0. The lowest BCUT2D eigenvalue weighted by molar-refractivity contribution is -0.122. The van der Waals surface area contributed by atoms with Crippen molar-refractivity contribution in [1.82, 2.24) is 0 Å². The highest BCUT2D eigenvalue weighted by atomic mass is 32.1. The Bertz CT molecular complexity index is 940. The van der Waals surface area contributed by atoms with Crippen molar-refractivity contribution in [3.63, 3.8) is 0 Å². The van der Waals surface area contributed by atoms with Gasteiger partial charge in [-0.05, 0) is 29.1 Å². The zero-order valence-corrected chi connectivity index (χ0v) is 15.2. The lowest BCUT2D eigenvalue weighted by atomic mass is 10.0. The van der Waals surface area contributed by atoms with Crippen LogP contribution in [0, 0.1) is 0 Å². The Morgan fingerprint density at radius 2 is 1.81 bits per heavy atom. The van der Waals surface area contributed by atoms with Gasteiger partial charge in [0.1, 0.15) is 17.2 Å². The van der Waals surface area contributed by atoms with Crippen molar-refractivity contribution in [3.8, 4) is 5.75 Å². The molecule has 0 aliphatic carbocycles. The fourth-order valence-electron chi connectivity index (χ4n) is 3.08. The van der Waals surface area contributed by atoms with Gasteiger partial charge in [-0.15, -0.1) is 11.3 Å². The van der Waals surface area contributed by atoms with Gasteiger partial charge in [0.2, 0.25) is 0 Å². The quantitative estimate of drug-likeness (QED) is 0.641. The van der Waals surface area contributed by atoms with Crippen LogP contribution in [0.5, 0.6) is 5.75 Å². The monoisotopic (exact) mass is 379 g/mol. The molecule has 1 atom stereocenters. The topological polar surface area (TPSA) is 55.8 Å².